The maximum Gasteiger partial charge on any atom is 0.223 e. The first-order valence-corrected chi connectivity index (χ1v) is 4.09. The molecule has 1 N–H and O–H groups in total. The predicted octanol–water partition coefficient (Wildman–Crippen LogP) is 0.520. The standard InChI is InChI=1S/C9H14O3/c1-6(10)4-5-9-11-7(2)8(3)12-9/h6-10H,1-3H3/t6-,7+,8+/m0/s1. The van der Waals surface area contributed by atoms with Crippen molar-refractivity contribution in [3.05, 3.63) is 0 Å². The molecule has 0 unspecified atom stereocenters. The van der Waals surface area contributed by atoms with E-state index in [9.17, 15) is 0 Å². The summed E-state index contributed by atoms with van der Waals surface area (Å²) >= 11 is 0. The molecule has 3 nitrogen and oxygen atoms in total. The van der Waals surface area contributed by atoms with E-state index < -0.39 is 12.4 Å². The van der Waals surface area contributed by atoms with Crippen molar-refractivity contribution >= 4 is 0 Å². The van der Waals surface area contributed by atoms with Gasteiger partial charge in [-0.05, 0) is 26.7 Å². The Balaban J connectivity index is 2.44. The van der Waals surface area contributed by atoms with Gasteiger partial charge >= 0.3 is 0 Å². The van der Waals surface area contributed by atoms with Crippen LogP contribution < -0.4 is 0 Å². The first-order chi connectivity index (χ1) is 5.59. The lowest BCUT2D eigenvalue weighted by molar-refractivity contribution is -0.0170. The molecule has 68 valence electrons. The average Bonchev–Trinajstić information content (AvgIpc) is 2.28. The van der Waals surface area contributed by atoms with Gasteiger partial charge in [-0.3, -0.25) is 0 Å². The van der Waals surface area contributed by atoms with E-state index in [2.05, 4.69) is 11.8 Å². The van der Waals surface area contributed by atoms with Crippen molar-refractivity contribution in [3.63, 3.8) is 0 Å². The summed E-state index contributed by atoms with van der Waals surface area (Å²) in [6.45, 7) is 5.48. The van der Waals surface area contributed by atoms with E-state index in [0.717, 1.165) is 0 Å². The molecular weight excluding hydrogens is 156 g/mol. The summed E-state index contributed by atoms with van der Waals surface area (Å²) in [5.74, 6) is 5.28. The summed E-state index contributed by atoms with van der Waals surface area (Å²) in [7, 11) is 0. The maximum absolute atomic E-state index is 8.86. The van der Waals surface area contributed by atoms with Gasteiger partial charge in [-0.15, -0.1) is 0 Å². The molecule has 1 rings (SSSR count). The summed E-state index contributed by atoms with van der Waals surface area (Å²) in [6.07, 6.45) is -0.926. The van der Waals surface area contributed by atoms with E-state index in [-0.39, 0.29) is 12.2 Å². The van der Waals surface area contributed by atoms with Gasteiger partial charge in [0.05, 0.1) is 12.2 Å². The van der Waals surface area contributed by atoms with Crippen LogP contribution in [0.1, 0.15) is 20.8 Å². The summed E-state index contributed by atoms with van der Waals surface area (Å²) in [5.41, 5.74) is 0. The van der Waals surface area contributed by atoms with Crippen LogP contribution in [0.4, 0.5) is 0 Å². The third kappa shape index (κ3) is 2.49. The molecule has 0 spiro atoms. The van der Waals surface area contributed by atoms with Crippen LogP contribution >= 0.6 is 0 Å². The Hall–Kier alpha value is -0.560. The van der Waals surface area contributed by atoms with Crippen LogP contribution in [0.15, 0.2) is 0 Å². The lowest BCUT2D eigenvalue weighted by atomic mass is 10.3. The number of ether oxygens (including phenoxy) is 2. The highest BCUT2D eigenvalue weighted by atomic mass is 16.7. The zero-order chi connectivity index (χ0) is 9.14. The van der Waals surface area contributed by atoms with E-state index in [1.165, 1.54) is 0 Å². The van der Waals surface area contributed by atoms with Crippen molar-refractivity contribution in [2.75, 3.05) is 0 Å². The third-order valence-corrected chi connectivity index (χ3v) is 1.75. The van der Waals surface area contributed by atoms with Crippen LogP contribution in [0, 0.1) is 11.8 Å². The van der Waals surface area contributed by atoms with E-state index in [0.29, 0.717) is 0 Å². The van der Waals surface area contributed by atoms with Crippen LogP contribution in [0.25, 0.3) is 0 Å². The minimum absolute atomic E-state index is 0.0818. The molecular formula is C9H14O3. The van der Waals surface area contributed by atoms with Crippen LogP contribution in [0.2, 0.25) is 0 Å². The smallest absolute Gasteiger partial charge is 0.223 e. The quantitative estimate of drug-likeness (QED) is 0.539. The van der Waals surface area contributed by atoms with Gasteiger partial charge in [-0.25, -0.2) is 0 Å². The Morgan fingerprint density at radius 3 is 2.17 bits per heavy atom. The molecule has 0 bridgehead atoms. The lowest BCUT2D eigenvalue weighted by Gasteiger charge is -2.01. The molecule has 1 heterocycles. The van der Waals surface area contributed by atoms with Gasteiger partial charge in [0.1, 0.15) is 6.10 Å². The van der Waals surface area contributed by atoms with E-state index in [4.69, 9.17) is 14.6 Å². The minimum atomic E-state index is -0.622. The van der Waals surface area contributed by atoms with E-state index >= 15 is 0 Å². The molecule has 3 heteroatoms. The number of hydrogen-bond acceptors (Lipinski definition) is 3. The second-order valence-corrected chi connectivity index (χ2v) is 2.98. The number of aliphatic hydroxyl groups excluding tert-OH is 1. The van der Waals surface area contributed by atoms with Crippen molar-refractivity contribution < 1.29 is 14.6 Å². The molecule has 1 fully saturated rings. The highest BCUT2D eigenvalue weighted by molar-refractivity contribution is 5.07. The second kappa shape index (κ2) is 3.90. The van der Waals surface area contributed by atoms with Gasteiger partial charge < -0.3 is 14.6 Å². The highest BCUT2D eigenvalue weighted by Gasteiger charge is 2.27. The van der Waals surface area contributed by atoms with Crippen LogP contribution in [-0.4, -0.2) is 29.7 Å². The largest absolute Gasteiger partial charge is 0.381 e. The SMILES string of the molecule is C[C@H](O)C#CC1O[C@H](C)[C@@H](C)O1. The molecule has 3 atom stereocenters. The molecule has 0 radical (unpaired) electrons. The van der Waals surface area contributed by atoms with Crippen molar-refractivity contribution in [1.82, 2.24) is 0 Å². The zero-order valence-corrected chi connectivity index (χ0v) is 7.57. The molecule has 1 aliphatic rings. The monoisotopic (exact) mass is 170 g/mol. The molecule has 0 aromatic carbocycles. The zero-order valence-electron chi connectivity index (χ0n) is 7.57. The van der Waals surface area contributed by atoms with Gasteiger partial charge in [0.15, 0.2) is 0 Å². The normalized spacial score (nSPS) is 32.7. The van der Waals surface area contributed by atoms with Gasteiger partial charge in [0.25, 0.3) is 0 Å². The third-order valence-electron chi connectivity index (χ3n) is 1.75. The number of hydrogen-bond donors (Lipinski definition) is 1. The molecule has 0 aromatic rings. The first kappa shape index (κ1) is 9.53. The van der Waals surface area contributed by atoms with Crippen LogP contribution in [0.5, 0.6) is 0 Å². The lowest BCUT2D eigenvalue weighted by Crippen LogP contribution is -2.13. The number of aliphatic hydroxyl groups is 1. The predicted molar refractivity (Wildman–Crippen MR) is 44.3 cm³/mol. The molecule has 0 aromatic heterocycles. The Morgan fingerprint density at radius 1 is 1.25 bits per heavy atom. The average molecular weight is 170 g/mol. The van der Waals surface area contributed by atoms with Gasteiger partial charge in [-0.2, -0.15) is 0 Å². The van der Waals surface area contributed by atoms with Gasteiger partial charge in [0, 0.05) is 0 Å². The second-order valence-electron chi connectivity index (χ2n) is 2.98. The summed E-state index contributed by atoms with van der Waals surface area (Å²) in [6, 6.07) is 0. The summed E-state index contributed by atoms with van der Waals surface area (Å²) in [5, 5.41) is 8.86. The van der Waals surface area contributed by atoms with Crippen LogP contribution in [0.3, 0.4) is 0 Å². The molecule has 0 amide bonds. The Morgan fingerprint density at radius 2 is 1.75 bits per heavy atom. The summed E-state index contributed by atoms with van der Waals surface area (Å²) < 4.78 is 10.6. The minimum Gasteiger partial charge on any atom is -0.381 e. The fraction of sp³-hybridized carbons (Fsp3) is 0.778. The van der Waals surface area contributed by atoms with Crippen molar-refractivity contribution in [2.24, 2.45) is 0 Å². The maximum atomic E-state index is 8.86. The number of rotatable bonds is 0. The molecule has 12 heavy (non-hydrogen) atoms. The van der Waals surface area contributed by atoms with E-state index in [1.807, 2.05) is 13.8 Å². The van der Waals surface area contributed by atoms with Gasteiger partial charge in [-0.1, -0.05) is 5.92 Å². The first-order valence-electron chi connectivity index (χ1n) is 4.09. The van der Waals surface area contributed by atoms with E-state index in [1.54, 1.807) is 6.92 Å². The summed E-state index contributed by atoms with van der Waals surface area (Å²) in [4.78, 5) is 0. The van der Waals surface area contributed by atoms with Crippen molar-refractivity contribution in [3.8, 4) is 11.8 Å². The fourth-order valence-electron chi connectivity index (χ4n) is 0.900. The molecule has 0 saturated carbocycles. The van der Waals surface area contributed by atoms with Crippen LogP contribution in [-0.2, 0) is 9.47 Å². The topological polar surface area (TPSA) is 38.7 Å². The van der Waals surface area contributed by atoms with Crippen molar-refractivity contribution in [2.45, 2.75) is 45.4 Å². The highest BCUT2D eigenvalue weighted by Crippen LogP contribution is 2.17. The fourth-order valence-corrected chi connectivity index (χ4v) is 0.900. The molecule has 1 saturated heterocycles. The Labute approximate surface area is 72.7 Å². The molecule has 1 aliphatic heterocycles. The Kier molecular flexibility index (Phi) is 3.10. The molecule has 0 aliphatic carbocycles. The van der Waals surface area contributed by atoms with Gasteiger partial charge in [0.2, 0.25) is 6.29 Å². The Bertz CT molecular complexity index is 192. The van der Waals surface area contributed by atoms with Crippen molar-refractivity contribution in [1.29, 1.82) is 0 Å².